The number of ether oxygens (including phenoxy) is 2. The van der Waals surface area contributed by atoms with Gasteiger partial charge in [0.25, 0.3) is 0 Å². The summed E-state index contributed by atoms with van der Waals surface area (Å²) in [5.74, 6) is -0.0403. The van der Waals surface area contributed by atoms with Crippen LogP contribution in [0.3, 0.4) is 0 Å². The normalized spacial score (nSPS) is 11.1. The summed E-state index contributed by atoms with van der Waals surface area (Å²) in [5, 5.41) is 0.530. The number of halogens is 2. The van der Waals surface area contributed by atoms with Crippen LogP contribution >= 0.6 is 0 Å². The van der Waals surface area contributed by atoms with Crippen LogP contribution in [0.4, 0.5) is 8.78 Å². The van der Waals surface area contributed by atoms with Gasteiger partial charge in [0.1, 0.15) is 23.1 Å². The highest BCUT2D eigenvalue weighted by atomic mass is 19.1. The van der Waals surface area contributed by atoms with E-state index in [1.807, 2.05) is 18.2 Å². The molecule has 0 radical (unpaired) electrons. The molecule has 3 aromatic rings. The fourth-order valence-electron chi connectivity index (χ4n) is 3.29. The lowest BCUT2D eigenvalue weighted by atomic mass is 9.99. The Hall–Kier alpha value is -2.60. The average molecular weight is 360 g/mol. The first kappa shape index (κ1) is 18.2. The third kappa shape index (κ3) is 3.24. The number of aromatic amines is 1. The van der Waals surface area contributed by atoms with Gasteiger partial charge in [0.2, 0.25) is 0 Å². The quantitative estimate of drug-likeness (QED) is 0.614. The monoisotopic (exact) mass is 360 g/mol. The first-order valence-corrected chi connectivity index (χ1v) is 8.51. The zero-order valence-corrected chi connectivity index (χ0v) is 14.9. The topological polar surface area (TPSA) is 60.3 Å². The summed E-state index contributed by atoms with van der Waals surface area (Å²) in [6, 6.07) is 7.68. The summed E-state index contributed by atoms with van der Waals surface area (Å²) in [6.07, 6.45) is 2.27. The maximum absolute atomic E-state index is 14.4. The number of rotatable bonds is 7. The van der Waals surface area contributed by atoms with E-state index in [9.17, 15) is 8.78 Å². The first-order valence-electron chi connectivity index (χ1n) is 8.51. The number of nitrogens with two attached hydrogens (primary N) is 1. The summed E-state index contributed by atoms with van der Waals surface area (Å²) in [7, 11) is 3.13. The summed E-state index contributed by atoms with van der Waals surface area (Å²) in [6.45, 7) is 0.568. The van der Waals surface area contributed by atoms with Gasteiger partial charge in [-0.15, -0.1) is 0 Å². The Morgan fingerprint density at radius 1 is 1.04 bits per heavy atom. The van der Waals surface area contributed by atoms with Crippen molar-refractivity contribution in [2.24, 2.45) is 5.73 Å². The van der Waals surface area contributed by atoms with Crippen molar-refractivity contribution in [3.05, 3.63) is 47.5 Å². The Balaban J connectivity index is 2.29. The van der Waals surface area contributed by atoms with Crippen molar-refractivity contribution in [3.63, 3.8) is 0 Å². The standard InChI is InChI=1S/C20H22F2N2O2/c1-25-16-7-5-8-17(26-2)18(16)20-13(6-3-4-9-23)14-10-12(21)11-15(22)19(14)24-20/h5,7-8,10-11,24H,3-4,6,9,23H2,1-2H3. The van der Waals surface area contributed by atoms with Crippen LogP contribution in [0.1, 0.15) is 18.4 Å². The first-order chi connectivity index (χ1) is 12.6. The molecule has 26 heavy (non-hydrogen) atoms. The largest absolute Gasteiger partial charge is 0.496 e. The van der Waals surface area contributed by atoms with Crippen molar-refractivity contribution < 1.29 is 18.3 Å². The van der Waals surface area contributed by atoms with Crippen LogP contribution in [0, 0.1) is 11.6 Å². The summed E-state index contributed by atoms with van der Waals surface area (Å²) in [4.78, 5) is 3.12. The minimum atomic E-state index is -0.625. The van der Waals surface area contributed by atoms with Crippen molar-refractivity contribution in [2.45, 2.75) is 19.3 Å². The third-order valence-electron chi connectivity index (χ3n) is 4.49. The molecule has 0 amide bonds. The predicted molar refractivity (Wildman–Crippen MR) is 98.7 cm³/mol. The van der Waals surface area contributed by atoms with Crippen molar-refractivity contribution >= 4 is 10.9 Å². The minimum absolute atomic E-state index is 0.275. The predicted octanol–water partition coefficient (Wildman–Crippen LogP) is 4.41. The highest BCUT2D eigenvalue weighted by Crippen LogP contribution is 2.42. The van der Waals surface area contributed by atoms with E-state index >= 15 is 0 Å². The van der Waals surface area contributed by atoms with Gasteiger partial charge in [0.05, 0.1) is 31.0 Å². The molecule has 0 spiro atoms. The summed E-state index contributed by atoms with van der Waals surface area (Å²) in [5.41, 5.74) is 8.07. The lowest BCUT2D eigenvalue weighted by Crippen LogP contribution is -2.00. The Kier molecular flexibility index (Phi) is 5.42. The van der Waals surface area contributed by atoms with E-state index in [4.69, 9.17) is 15.2 Å². The molecule has 1 aromatic heterocycles. The lowest BCUT2D eigenvalue weighted by molar-refractivity contribution is 0.397. The number of unbranched alkanes of at least 4 members (excludes halogenated alkanes) is 1. The maximum atomic E-state index is 14.4. The number of aromatic nitrogens is 1. The van der Waals surface area contributed by atoms with Crippen molar-refractivity contribution in [3.8, 4) is 22.8 Å². The zero-order valence-electron chi connectivity index (χ0n) is 14.9. The number of hydrogen-bond acceptors (Lipinski definition) is 3. The van der Waals surface area contributed by atoms with E-state index in [-0.39, 0.29) is 5.52 Å². The van der Waals surface area contributed by atoms with Gasteiger partial charge in [0, 0.05) is 11.5 Å². The number of methoxy groups -OCH3 is 2. The molecular formula is C20H22F2N2O2. The zero-order chi connectivity index (χ0) is 18.7. The van der Waals surface area contributed by atoms with E-state index in [2.05, 4.69) is 4.98 Å². The summed E-state index contributed by atoms with van der Waals surface area (Å²) < 4.78 is 39.2. The fraction of sp³-hybridized carbons (Fsp3) is 0.300. The number of nitrogens with one attached hydrogen (secondary N) is 1. The Morgan fingerprint density at radius 3 is 2.35 bits per heavy atom. The molecule has 4 nitrogen and oxygen atoms in total. The van der Waals surface area contributed by atoms with E-state index in [0.29, 0.717) is 41.1 Å². The van der Waals surface area contributed by atoms with E-state index < -0.39 is 11.6 Å². The number of hydrogen-bond donors (Lipinski definition) is 2. The number of aryl methyl sites for hydroxylation is 1. The van der Waals surface area contributed by atoms with E-state index in [1.165, 1.54) is 6.07 Å². The molecule has 2 aromatic carbocycles. The molecule has 138 valence electrons. The second-order valence-electron chi connectivity index (χ2n) is 6.07. The van der Waals surface area contributed by atoms with Crippen LogP contribution < -0.4 is 15.2 Å². The molecule has 0 aliphatic rings. The van der Waals surface area contributed by atoms with Gasteiger partial charge in [-0.3, -0.25) is 0 Å². The fourth-order valence-corrected chi connectivity index (χ4v) is 3.29. The van der Waals surface area contributed by atoms with Crippen LogP contribution in [-0.4, -0.2) is 25.7 Å². The van der Waals surface area contributed by atoms with Gasteiger partial charge < -0.3 is 20.2 Å². The smallest absolute Gasteiger partial charge is 0.150 e. The van der Waals surface area contributed by atoms with Gasteiger partial charge in [0.15, 0.2) is 0 Å². The minimum Gasteiger partial charge on any atom is -0.496 e. The molecule has 0 aliphatic carbocycles. The SMILES string of the molecule is COc1cccc(OC)c1-c1[nH]c2c(F)cc(F)cc2c1CCCCN. The molecule has 1 heterocycles. The number of benzene rings is 2. The molecule has 0 saturated carbocycles. The van der Waals surface area contributed by atoms with Crippen molar-refractivity contribution in [1.82, 2.24) is 4.98 Å². The second kappa shape index (κ2) is 7.74. The van der Waals surface area contributed by atoms with Crippen molar-refractivity contribution in [2.75, 3.05) is 20.8 Å². The molecule has 0 aliphatic heterocycles. The Morgan fingerprint density at radius 2 is 1.73 bits per heavy atom. The number of fused-ring (bicyclic) bond motifs is 1. The van der Waals surface area contributed by atoms with Crippen LogP contribution in [0.25, 0.3) is 22.2 Å². The van der Waals surface area contributed by atoms with Gasteiger partial charge in [-0.1, -0.05) is 6.07 Å². The second-order valence-corrected chi connectivity index (χ2v) is 6.07. The molecule has 3 N–H and O–H groups in total. The third-order valence-corrected chi connectivity index (χ3v) is 4.49. The van der Waals surface area contributed by atoms with Crippen LogP contribution in [0.2, 0.25) is 0 Å². The van der Waals surface area contributed by atoms with Gasteiger partial charge in [-0.2, -0.15) is 0 Å². The van der Waals surface area contributed by atoms with Crippen molar-refractivity contribution in [1.29, 1.82) is 0 Å². The highest BCUT2D eigenvalue weighted by molar-refractivity contribution is 5.93. The molecule has 0 fully saturated rings. The highest BCUT2D eigenvalue weighted by Gasteiger charge is 2.22. The molecule has 0 bridgehead atoms. The molecule has 6 heteroatoms. The molecule has 0 unspecified atom stereocenters. The lowest BCUT2D eigenvalue weighted by Gasteiger charge is -2.14. The summed E-state index contributed by atoms with van der Waals surface area (Å²) >= 11 is 0. The molecular weight excluding hydrogens is 338 g/mol. The van der Waals surface area contributed by atoms with Gasteiger partial charge >= 0.3 is 0 Å². The Labute approximate surface area is 150 Å². The van der Waals surface area contributed by atoms with Crippen LogP contribution in [0.5, 0.6) is 11.5 Å². The van der Waals surface area contributed by atoms with E-state index in [1.54, 1.807) is 14.2 Å². The van der Waals surface area contributed by atoms with Crippen LogP contribution in [0.15, 0.2) is 30.3 Å². The maximum Gasteiger partial charge on any atom is 0.150 e. The average Bonchev–Trinajstić information content (AvgIpc) is 2.99. The Bertz CT molecular complexity index is 900. The van der Waals surface area contributed by atoms with Gasteiger partial charge in [-0.05, 0) is 49.6 Å². The molecule has 3 rings (SSSR count). The number of H-pyrrole nitrogens is 1. The van der Waals surface area contributed by atoms with E-state index in [0.717, 1.165) is 24.5 Å². The van der Waals surface area contributed by atoms with Gasteiger partial charge in [-0.25, -0.2) is 8.78 Å². The van der Waals surface area contributed by atoms with Crippen LogP contribution in [-0.2, 0) is 6.42 Å². The molecule has 0 saturated heterocycles. The molecule has 0 atom stereocenters.